The fourth-order valence-electron chi connectivity index (χ4n) is 3.74. The first-order valence-electron chi connectivity index (χ1n) is 9.29. The summed E-state index contributed by atoms with van der Waals surface area (Å²) in [6.07, 6.45) is -0.814. The summed E-state index contributed by atoms with van der Waals surface area (Å²) >= 11 is 0. The van der Waals surface area contributed by atoms with E-state index in [9.17, 15) is 18.0 Å². The number of hydrogen-bond acceptors (Lipinski definition) is 5. The molecule has 1 aromatic carbocycles. The van der Waals surface area contributed by atoms with Gasteiger partial charge in [-0.3, -0.25) is 14.8 Å². The highest BCUT2D eigenvalue weighted by molar-refractivity contribution is 5.90. The van der Waals surface area contributed by atoms with E-state index >= 15 is 0 Å². The number of nitrogens with one attached hydrogen (secondary N) is 2. The molecule has 1 fully saturated rings. The number of halogens is 3. The Labute approximate surface area is 161 Å². The van der Waals surface area contributed by atoms with Crippen molar-refractivity contribution in [3.05, 3.63) is 30.1 Å². The van der Waals surface area contributed by atoms with Gasteiger partial charge in [0.1, 0.15) is 11.0 Å². The highest BCUT2D eigenvalue weighted by Crippen LogP contribution is 2.37. The normalized spacial score (nSPS) is 20.4. The third-order valence-corrected chi connectivity index (χ3v) is 4.84. The topological polar surface area (TPSA) is 70.2 Å². The van der Waals surface area contributed by atoms with Crippen LogP contribution in [0, 0.1) is 5.92 Å². The molecule has 28 heavy (non-hydrogen) atoms. The molecule has 9 heteroatoms. The summed E-state index contributed by atoms with van der Waals surface area (Å²) in [7, 11) is 0. The quantitative estimate of drug-likeness (QED) is 0.762. The molecule has 2 N–H and O–H groups in total. The van der Waals surface area contributed by atoms with Crippen molar-refractivity contribution >= 4 is 22.6 Å². The summed E-state index contributed by atoms with van der Waals surface area (Å²) in [5.74, 6) is 0.288. The SMILES string of the molecule is CC(=O)NCCN[C@@H]1C[C@H](C)CN(c2ccc(C(F)(F)F)c3nccnc23)C1. The molecule has 1 aliphatic rings. The zero-order chi connectivity index (χ0) is 20.3. The molecule has 2 atom stereocenters. The number of benzene rings is 1. The minimum atomic E-state index is -4.48. The smallest absolute Gasteiger partial charge is 0.368 e. The van der Waals surface area contributed by atoms with Crippen LogP contribution in [0.1, 0.15) is 25.8 Å². The number of fused-ring (bicyclic) bond motifs is 1. The number of nitrogens with zero attached hydrogens (tertiary/aromatic N) is 3. The van der Waals surface area contributed by atoms with E-state index in [1.54, 1.807) is 0 Å². The van der Waals surface area contributed by atoms with Crippen LogP contribution in [0.3, 0.4) is 0 Å². The summed E-state index contributed by atoms with van der Waals surface area (Å²) in [5, 5.41) is 6.16. The highest BCUT2D eigenvalue weighted by atomic mass is 19.4. The number of anilines is 1. The molecule has 3 rings (SSSR count). The van der Waals surface area contributed by atoms with Crippen molar-refractivity contribution in [3.8, 4) is 0 Å². The van der Waals surface area contributed by atoms with Crippen molar-refractivity contribution < 1.29 is 18.0 Å². The Morgan fingerprint density at radius 2 is 1.89 bits per heavy atom. The standard InChI is InChI=1S/C19H24F3N5O/c1-12-9-14(24-6-5-23-13(2)28)11-27(10-12)16-4-3-15(19(20,21)22)17-18(16)26-8-7-25-17/h3-4,7-8,12,14,24H,5-6,9-11H2,1-2H3,(H,23,28)/t12-,14+/m0/s1. The van der Waals surface area contributed by atoms with Gasteiger partial charge in [-0.25, -0.2) is 0 Å². The van der Waals surface area contributed by atoms with Gasteiger partial charge in [0.2, 0.25) is 5.91 Å². The van der Waals surface area contributed by atoms with Gasteiger partial charge in [-0.2, -0.15) is 13.2 Å². The van der Waals surface area contributed by atoms with Gasteiger partial charge in [-0.15, -0.1) is 0 Å². The Kier molecular flexibility index (Phi) is 6.02. The Bertz CT molecular complexity index is 842. The monoisotopic (exact) mass is 395 g/mol. The summed E-state index contributed by atoms with van der Waals surface area (Å²) in [6.45, 7) is 6.16. The van der Waals surface area contributed by atoms with Crippen LogP contribution in [-0.2, 0) is 11.0 Å². The third-order valence-electron chi connectivity index (χ3n) is 4.84. The van der Waals surface area contributed by atoms with Gasteiger partial charge >= 0.3 is 6.18 Å². The van der Waals surface area contributed by atoms with Gasteiger partial charge in [-0.05, 0) is 24.5 Å². The first kappa shape index (κ1) is 20.3. The average molecular weight is 395 g/mol. The van der Waals surface area contributed by atoms with Crippen LogP contribution in [-0.4, -0.2) is 48.1 Å². The van der Waals surface area contributed by atoms with E-state index in [1.165, 1.54) is 25.4 Å². The zero-order valence-electron chi connectivity index (χ0n) is 15.9. The molecule has 152 valence electrons. The van der Waals surface area contributed by atoms with Gasteiger partial charge in [0.15, 0.2) is 0 Å². The molecular weight excluding hydrogens is 371 g/mol. The van der Waals surface area contributed by atoms with Gasteiger partial charge in [0.05, 0.1) is 11.3 Å². The summed E-state index contributed by atoms with van der Waals surface area (Å²) < 4.78 is 40.0. The van der Waals surface area contributed by atoms with Gasteiger partial charge < -0.3 is 15.5 Å². The Morgan fingerprint density at radius 3 is 2.57 bits per heavy atom. The number of hydrogen-bond donors (Lipinski definition) is 2. The Balaban J connectivity index is 1.82. The van der Waals surface area contributed by atoms with Crippen LogP contribution in [0.5, 0.6) is 0 Å². The van der Waals surface area contributed by atoms with E-state index in [1.807, 2.05) is 0 Å². The lowest BCUT2D eigenvalue weighted by molar-refractivity contribution is -0.136. The first-order chi connectivity index (χ1) is 13.3. The van der Waals surface area contributed by atoms with Crippen molar-refractivity contribution in [2.24, 2.45) is 5.92 Å². The fraction of sp³-hybridized carbons (Fsp3) is 0.526. The minimum Gasteiger partial charge on any atom is -0.368 e. The van der Waals surface area contributed by atoms with Crippen LogP contribution >= 0.6 is 0 Å². The molecule has 0 bridgehead atoms. The summed E-state index contributed by atoms with van der Waals surface area (Å²) in [6, 6.07) is 2.75. The molecule has 0 aliphatic carbocycles. The predicted molar refractivity (Wildman–Crippen MR) is 101 cm³/mol. The van der Waals surface area contributed by atoms with Crippen molar-refractivity contribution in [1.29, 1.82) is 0 Å². The van der Waals surface area contributed by atoms with Gasteiger partial charge in [-0.1, -0.05) is 6.92 Å². The number of aromatic nitrogens is 2. The molecule has 1 aromatic heterocycles. The molecule has 0 unspecified atom stereocenters. The van der Waals surface area contributed by atoms with E-state index < -0.39 is 11.7 Å². The molecule has 0 saturated carbocycles. The van der Waals surface area contributed by atoms with Gasteiger partial charge in [0, 0.05) is 51.5 Å². The molecule has 0 spiro atoms. The van der Waals surface area contributed by atoms with Crippen molar-refractivity contribution in [2.75, 3.05) is 31.1 Å². The third kappa shape index (κ3) is 4.70. The molecule has 6 nitrogen and oxygen atoms in total. The molecule has 1 saturated heterocycles. The number of alkyl halides is 3. The highest BCUT2D eigenvalue weighted by Gasteiger charge is 2.35. The molecule has 1 amide bonds. The molecule has 1 aliphatic heterocycles. The number of rotatable bonds is 5. The molecule has 2 aromatic rings. The van der Waals surface area contributed by atoms with Crippen LogP contribution in [0.4, 0.5) is 18.9 Å². The molecule has 2 heterocycles. The van der Waals surface area contributed by atoms with Crippen LogP contribution < -0.4 is 15.5 Å². The van der Waals surface area contributed by atoms with Crippen LogP contribution in [0.25, 0.3) is 11.0 Å². The first-order valence-corrected chi connectivity index (χ1v) is 9.29. The van der Waals surface area contributed by atoms with Crippen LogP contribution in [0.15, 0.2) is 24.5 Å². The number of carbonyl (C=O) groups excluding carboxylic acids is 1. The Morgan fingerprint density at radius 1 is 1.18 bits per heavy atom. The van der Waals surface area contributed by atoms with Crippen molar-refractivity contribution in [2.45, 2.75) is 32.5 Å². The lowest BCUT2D eigenvalue weighted by Gasteiger charge is -2.38. The van der Waals surface area contributed by atoms with E-state index in [2.05, 4.69) is 32.4 Å². The second kappa shape index (κ2) is 8.30. The zero-order valence-corrected chi connectivity index (χ0v) is 15.9. The predicted octanol–water partition coefficient (Wildman–Crippen LogP) is 2.59. The molecule has 0 radical (unpaired) electrons. The maximum absolute atomic E-state index is 13.3. The van der Waals surface area contributed by atoms with E-state index in [0.29, 0.717) is 31.2 Å². The summed E-state index contributed by atoms with van der Waals surface area (Å²) in [4.78, 5) is 21.2. The van der Waals surface area contributed by atoms with Crippen LogP contribution in [0.2, 0.25) is 0 Å². The summed E-state index contributed by atoms with van der Waals surface area (Å²) in [5.41, 5.74) is 0.0371. The maximum atomic E-state index is 13.3. The number of piperidine rings is 1. The van der Waals surface area contributed by atoms with E-state index in [4.69, 9.17) is 0 Å². The lowest BCUT2D eigenvalue weighted by Crippen LogP contribution is -2.50. The second-order valence-corrected chi connectivity index (χ2v) is 7.26. The van der Waals surface area contributed by atoms with E-state index in [-0.39, 0.29) is 23.0 Å². The van der Waals surface area contributed by atoms with Gasteiger partial charge in [0.25, 0.3) is 0 Å². The second-order valence-electron chi connectivity index (χ2n) is 7.26. The molecular formula is C19H24F3N5O. The van der Waals surface area contributed by atoms with Crippen molar-refractivity contribution in [3.63, 3.8) is 0 Å². The Hall–Kier alpha value is -2.42. The van der Waals surface area contributed by atoms with Crippen molar-refractivity contribution in [1.82, 2.24) is 20.6 Å². The lowest BCUT2D eigenvalue weighted by atomic mass is 9.95. The maximum Gasteiger partial charge on any atom is 0.418 e. The average Bonchev–Trinajstić information content (AvgIpc) is 2.63. The number of amides is 1. The minimum absolute atomic E-state index is 0.0739. The van der Waals surface area contributed by atoms with E-state index in [0.717, 1.165) is 19.0 Å². The number of carbonyl (C=O) groups is 1. The fourth-order valence-corrected chi connectivity index (χ4v) is 3.74. The largest absolute Gasteiger partial charge is 0.418 e.